The Labute approximate surface area is 249 Å². The number of rotatable bonds is 12. The van der Waals surface area contributed by atoms with E-state index in [2.05, 4.69) is 29.8 Å². The number of anilines is 1. The minimum Gasteiger partial charge on any atom is -0.359 e. The number of nitrogens with one attached hydrogen (secondary N) is 1. The molecule has 0 bridgehead atoms. The summed E-state index contributed by atoms with van der Waals surface area (Å²) in [6.45, 7) is 8.31. The molecule has 9 heteroatoms. The van der Waals surface area contributed by atoms with Gasteiger partial charge in [0.25, 0.3) is 15.9 Å². The van der Waals surface area contributed by atoms with E-state index >= 15 is 0 Å². The SMILES string of the molecule is CCCCC1=NC2(CCCC2)C(=O)N1Cc1ccc(-c2ccccc2S(=O)(=O)Nc2noc(C)c2C)c(CCCC)c1. The Kier molecular flexibility index (Phi) is 8.87. The Morgan fingerprint density at radius 2 is 1.69 bits per heavy atom. The molecule has 1 aliphatic heterocycles. The number of amides is 1. The van der Waals surface area contributed by atoms with E-state index in [-0.39, 0.29) is 16.6 Å². The van der Waals surface area contributed by atoms with Gasteiger partial charge in [0.15, 0.2) is 5.82 Å². The molecule has 1 fully saturated rings. The predicted molar refractivity (Wildman–Crippen MR) is 166 cm³/mol. The molecule has 1 N–H and O–H groups in total. The molecule has 0 atom stereocenters. The van der Waals surface area contributed by atoms with Gasteiger partial charge in [0, 0.05) is 17.5 Å². The highest BCUT2D eigenvalue weighted by atomic mass is 32.2. The van der Waals surface area contributed by atoms with Gasteiger partial charge in [-0.15, -0.1) is 0 Å². The second-order valence-electron chi connectivity index (χ2n) is 11.7. The molecule has 2 aromatic carbocycles. The summed E-state index contributed by atoms with van der Waals surface area (Å²) in [6, 6.07) is 13.2. The van der Waals surface area contributed by atoms with Crippen LogP contribution in [0.15, 0.2) is 56.9 Å². The van der Waals surface area contributed by atoms with Crippen LogP contribution in [0.4, 0.5) is 5.82 Å². The van der Waals surface area contributed by atoms with Gasteiger partial charge >= 0.3 is 0 Å². The molecule has 2 heterocycles. The number of nitrogens with zero attached hydrogens (tertiary/aromatic N) is 3. The second-order valence-corrected chi connectivity index (χ2v) is 13.3. The maximum absolute atomic E-state index is 13.7. The third kappa shape index (κ3) is 5.89. The smallest absolute Gasteiger partial charge is 0.263 e. The van der Waals surface area contributed by atoms with Gasteiger partial charge in [-0.3, -0.25) is 19.4 Å². The molecule has 1 spiro atoms. The van der Waals surface area contributed by atoms with Crippen molar-refractivity contribution < 1.29 is 17.7 Å². The minimum atomic E-state index is -3.94. The quantitative estimate of drug-likeness (QED) is 0.238. The summed E-state index contributed by atoms with van der Waals surface area (Å²) in [5.74, 6) is 1.83. The van der Waals surface area contributed by atoms with Crippen molar-refractivity contribution in [1.29, 1.82) is 0 Å². The number of amidine groups is 1. The Morgan fingerprint density at radius 1 is 0.976 bits per heavy atom. The Balaban J connectivity index is 1.49. The molecule has 1 amide bonds. The molecule has 1 aliphatic carbocycles. The lowest BCUT2D eigenvalue weighted by Crippen LogP contribution is -2.40. The molecule has 1 saturated carbocycles. The molecular weight excluding hydrogens is 548 g/mol. The summed E-state index contributed by atoms with van der Waals surface area (Å²) in [5, 5.41) is 3.90. The van der Waals surface area contributed by atoms with E-state index in [1.165, 1.54) is 0 Å². The Hall–Kier alpha value is -3.46. The molecule has 42 heavy (non-hydrogen) atoms. The van der Waals surface area contributed by atoms with Crippen LogP contribution < -0.4 is 4.72 Å². The van der Waals surface area contributed by atoms with E-state index in [9.17, 15) is 13.2 Å². The zero-order valence-electron chi connectivity index (χ0n) is 25.2. The van der Waals surface area contributed by atoms with Crippen LogP contribution in [-0.4, -0.2) is 35.8 Å². The molecule has 5 rings (SSSR count). The summed E-state index contributed by atoms with van der Waals surface area (Å²) in [4.78, 5) is 20.9. The van der Waals surface area contributed by atoms with Gasteiger partial charge in [-0.05, 0) is 68.7 Å². The van der Waals surface area contributed by atoms with Gasteiger partial charge in [-0.25, -0.2) is 8.42 Å². The molecular formula is C33H42N4O4S. The number of hydrogen-bond acceptors (Lipinski definition) is 6. The van der Waals surface area contributed by atoms with Crippen LogP contribution in [0, 0.1) is 13.8 Å². The number of aromatic nitrogens is 1. The van der Waals surface area contributed by atoms with Gasteiger partial charge in [0.05, 0.1) is 11.4 Å². The van der Waals surface area contributed by atoms with Crippen LogP contribution in [0.1, 0.15) is 94.1 Å². The van der Waals surface area contributed by atoms with Crippen molar-refractivity contribution in [3.63, 3.8) is 0 Å². The topological polar surface area (TPSA) is 105 Å². The average molecular weight is 591 g/mol. The number of hydrogen-bond donors (Lipinski definition) is 1. The summed E-state index contributed by atoms with van der Waals surface area (Å²) in [5.41, 5.74) is 3.70. The maximum atomic E-state index is 13.7. The summed E-state index contributed by atoms with van der Waals surface area (Å²) < 4.78 is 35.0. The molecule has 0 radical (unpaired) electrons. The number of sulfonamides is 1. The first-order valence-corrected chi connectivity index (χ1v) is 16.7. The van der Waals surface area contributed by atoms with Crippen molar-refractivity contribution in [1.82, 2.24) is 10.1 Å². The summed E-state index contributed by atoms with van der Waals surface area (Å²) >= 11 is 0. The van der Waals surface area contributed by atoms with Crippen molar-refractivity contribution in [2.75, 3.05) is 4.72 Å². The van der Waals surface area contributed by atoms with Crippen molar-refractivity contribution in [3.8, 4) is 11.1 Å². The molecule has 1 aromatic heterocycles. The molecule has 3 aromatic rings. The highest BCUT2D eigenvalue weighted by Gasteiger charge is 2.49. The first kappa shape index (κ1) is 30.0. The molecule has 8 nitrogen and oxygen atoms in total. The number of aliphatic imine (C=N–C) groups is 1. The lowest BCUT2D eigenvalue weighted by molar-refractivity contribution is -0.131. The van der Waals surface area contributed by atoms with Crippen molar-refractivity contribution in [3.05, 3.63) is 64.9 Å². The van der Waals surface area contributed by atoms with Gasteiger partial charge < -0.3 is 4.52 Å². The largest absolute Gasteiger partial charge is 0.359 e. The Morgan fingerprint density at radius 3 is 2.38 bits per heavy atom. The summed E-state index contributed by atoms with van der Waals surface area (Å²) in [7, 11) is -3.94. The van der Waals surface area contributed by atoms with Gasteiger partial charge in [-0.1, -0.05) is 81.1 Å². The van der Waals surface area contributed by atoms with Gasteiger partial charge in [0.1, 0.15) is 17.1 Å². The molecule has 0 saturated heterocycles. The monoisotopic (exact) mass is 590 g/mol. The maximum Gasteiger partial charge on any atom is 0.263 e. The van der Waals surface area contributed by atoms with E-state index in [1.54, 1.807) is 26.0 Å². The molecule has 0 unspecified atom stereocenters. The van der Waals surface area contributed by atoms with Crippen molar-refractivity contribution >= 4 is 27.6 Å². The fourth-order valence-electron chi connectivity index (χ4n) is 6.08. The van der Waals surface area contributed by atoms with E-state index in [0.29, 0.717) is 23.4 Å². The molecule has 2 aliphatic rings. The third-order valence-electron chi connectivity index (χ3n) is 8.65. The van der Waals surface area contributed by atoms with Crippen molar-refractivity contribution in [2.45, 2.75) is 109 Å². The van der Waals surface area contributed by atoms with Crippen LogP contribution in [0.2, 0.25) is 0 Å². The summed E-state index contributed by atoms with van der Waals surface area (Å²) in [6.07, 6.45) is 9.43. The zero-order valence-corrected chi connectivity index (χ0v) is 26.0. The minimum absolute atomic E-state index is 0.145. The van der Waals surface area contributed by atoms with E-state index in [1.807, 2.05) is 29.2 Å². The average Bonchev–Trinajstić information content (AvgIpc) is 3.66. The lowest BCUT2D eigenvalue weighted by atomic mass is 9.93. The van der Waals surface area contributed by atoms with Gasteiger partial charge in [0.2, 0.25) is 0 Å². The van der Waals surface area contributed by atoms with E-state index in [4.69, 9.17) is 9.52 Å². The van der Waals surface area contributed by atoms with Crippen LogP contribution in [0.5, 0.6) is 0 Å². The Bertz CT molecular complexity index is 1580. The fraction of sp³-hybridized carbons (Fsp3) is 0.485. The first-order valence-electron chi connectivity index (χ1n) is 15.3. The molecule has 224 valence electrons. The van der Waals surface area contributed by atoms with Gasteiger partial charge in [-0.2, -0.15) is 0 Å². The second kappa shape index (κ2) is 12.4. The zero-order chi connectivity index (χ0) is 29.9. The standard InChI is InChI=1S/C33H42N4O4S/c1-5-7-13-26-21-25(22-37-30(16-8-6-2)34-33(32(37)38)19-11-12-20-33)17-18-27(26)28-14-9-10-15-29(28)42(39,40)36-31-23(3)24(4)41-35-31/h9-10,14-15,17-18,21H,5-8,11-13,16,19-20,22H2,1-4H3,(H,35,36). The number of carbonyl (C=O) groups is 1. The van der Waals surface area contributed by atoms with Crippen LogP contribution in [0.3, 0.4) is 0 Å². The number of aryl methyl sites for hydroxylation is 2. The third-order valence-corrected chi connectivity index (χ3v) is 10.0. The highest BCUT2D eigenvalue weighted by Crippen LogP contribution is 2.40. The normalized spacial score (nSPS) is 16.4. The number of carbonyl (C=O) groups excluding carboxylic acids is 1. The number of benzene rings is 2. The van der Waals surface area contributed by atoms with E-state index < -0.39 is 15.6 Å². The number of unbranched alkanes of at least 4 members (excludes halogenated alkanes) is 2. The lowest BCUT2D eigenvalue weighted by Gasteiger charge is -2.23. The van der Waals surface area contributed by atoms with E-state index in [0.717, 1.165) is 86.7 Å². The fourth-order valence-corrected chi connectivity index (χ4v) is 7.36. The highest BCUT2D eigenvalue weighted by molar-refractivity contribution is 7.92. The van der Waals surface area contributed by atoms with Crippen LogP contribution >= 0.6 is 0 Å². The predicted octanol–water partition coefficient (Wildman–Crippen LogP) is 7.35. The van der Waals surface area contributed by atoms with Crippen LogP contribution in [0.25, 0.3) is 11.1 Å². The van der Waals surface area contributed by atoms with Crippen molar-refractivity contribution in [2.24, 2.45) is 4.99 Å². The first-order chi connectivity index (χ1) is 20.2. The van der Waals surface area contributed by atoms with Crippen LogP contribution in [-0.2, 0) is 27.8 Å².